The second-order valence-electron chi connectivity index (χ2n) is 21.0. The van der Waals surface area contributed by atoms with Gasteiger partial charge in [-0.15, -0.1) is 0 Å². The van der Waals surface area contributed by atoms with Crippen molar-refractivity contribution >= 4 is 5.97 Å². The molecule has 4 atom stereocenters. The standard InChI is InChI=1S/C46H92NO4.C15H32O.W/c1-5-9-13-17-19-20-21-22-23-24-25-27-32-38-45(49)44(42-48)47(39-33-16-12-8-4)40-34-28-29-35-41-51-46(50)43(36-30-15-11-7-3)37-31-26-18-14-10-6-2;1-3-5-7-9-10-12-14-15(16)13-11-8-6-4-2;/h43-45,48-49H,4-42H2,1-3H3;15-16H,3-14H2,1-2H3;/q-1;;. The van der Waals surface area contributed by atoms with E-state index < -0.39 is 6.10 Å². The van der Waals surface area contributed by atoms with E-state index in [9.17, 15) is 20.1 Å². The van der Waals surface area contributed by atoms with E-state index in [4.69, 9.17) is 4.74 Å². The zero-order valence-electron chi connectivity index (χ0n) is 46.9. The summed E-state index contributed by atoms with van der Waals surface area (Å²) in [6.07, 6.45) is 55.5. The number of unbranched alkanes of at least 4 members (excludes halogenated alkanes) is 34. The number of aliphatic hydroxyl groups is 3. The van der Waals surface area contributed by atoms with Crippen LogP contribution in [0.1, 0.15) is 330 Å². The quantitative estimate of drug-likeness (QED) is 0.0319. The van der Waals surface area contributed by atoms with Gasteiger partial charge in [-0.1, -0.05) is 272 Å². The number of hydrogen-bond acceptors (Lipinski definition) is 6. The largest absolute Gasteiger partial charge is 0.465 e. The average Bonchev–Trinajstić information content (AvgIpc) is 3.33. The Morgan fingerprint density at radius 1 is 0.426 bits per heavy atom. The Labute approximate surface area is 441 Å². The zero-order chi connectivity index (χ0) is 49.5. The van der Waals surface area contributed by atoms with E-state index in [2.05, 4.69) is 46.4 Å². The van der Waals surface area contributed by atoms with Crippen molar-refractivity contribution in [3.05, 3.63) is 6.92 Å². The van der Waals surface area contributed by atoms with Crippen molar-refractivity contribution in [1.82, 2.24) is 4.90 Å². The number of hydrogen-bond donors (Lipinski definition) is 3. The van der Waals surface area contributed by atoms with Gasteiger partial charge in [0, 0.05) is 21.1 Å². The Hall–Kier alpha value is -0.00169. The van der Waals surface area contributed by atoms with E-state index in [1.165, 1.54) is 193 Å². The molecule has 0 aromatic carbocycles. The number of ether oxygens (including phenoxy) is 1. The molecule has 0 aromatic heterocycles. The molecule has 410 valence electrons. The summed E-state index contributed by atoms with van der Waals surface area (Å²) in [4.78, 5) is 15.4. The molecule has 0 saturated carbocycles. The molecule has 0 fully saturated rings. The fourth-order valence-corrected chi connectivity index (χ4v) is 9.70. The van der Waals surface area contributed by atoms with Crippen molar-refractivity contribution in [3.8, 4) is 0 Å². The molecule has 6 nitrogen and oxygen atoms in total. The average molecular weight is 1140 g/mol. The molecular weight excluding hydrogens is 1010 g/mol. The smallest absolute Gasteiger partial charge is 0.308 e. The van der Waals surface area contributed by atoms with Crippen LogP contribution in [0.25, 0.3) is 0 Å². The number of esters is 1. The van der Waals surface area contributed by atoms with Gasteiger partial charge in [-0.05, 0) is 64.5 Å². The topological polar surface area (TPSA) is 90.2 Å². The maximum atomic E-state index is 13.0. The van der Waals surface area contributed by atoms with Crippen molar-refractivity contribution in [2.75, 3.05) is 26.3 Å². The van der Waals surface area contributed by atoms with Gasteiger partial charge in [-0.3, -0.25) is 9.69 Å². The van der Waals surface area contributed by atoms with E-state index >= 15 is 0 Å². The third kappa shape index (κ3) is 52.3. The van der Waals surface area contributed by atoms with Gasteiger partial charge in [-0.25, -0.2) is 0 Å². The van der Waals surface area contributed by atoms with Gasteiger partial charge >= 0.3 is 5.97 Å². The number of aliphatic hydroxyl groups excluding tert-OH is 3. The minimum absolute atomic E-state index is 0. The summed E-state index contributed by atoms with van der Waals surface area (Å²) in [5.74, 6) is 0.114. The molecule has 0 saturated heterocycles. The Kier molecular flexibility index (Phi) is 65.1. The molecule has 68 heavy (non-hydrogen) atoms. The first-order chi connectivity index (χ1) is 32.9. The normalized spacial score (nSPS) is 13.2. The first kappa shape index (κ1) is 72.2. The van der Waals surface area contributed by atoms with Crippen molar-refractivity contribution in [3.63, 3.8) is 0 Å². The van der Waals surface area contributed by atoms with Crippen LogP contribution in [0, 0.1) is 12.8 Å². The SMILES string of the molecule is CCCCCCCCC(O)CCCCCC.[CH2-]CCCCCN(CCCCCCOC(=O)C(CCCCCC)CCCCCCCC)C(CO)C(O)CCCCCCCCCCCCCCC.[W]. The molecular formula is C61H124NO5W-. The first-order valence-electron chi connectivity index (χ1n) is 30.5. The second-order valence-corrected chi connectivity index (χ2v) is 21.0. The molecule has 3 N–H and O–H groups in total. The Morgan fingerprint density at radius 3 is 1.12 bits per heavy atom. The third-order valence-electron chi connectivity index (χ3n) is 14.4. The minimum atomic E-state index is -0.471. The van der Waals surface area contributed by atoms with Crippen LogP contribution in [0.3, 0.4) is 0 Å². The van der Waals surface area contributed by atoms with Gasteiger partial charge in [0.2, 0.25) is 0 Å². The first-order valence-corrected chi connectivity index (χ1v) is 30.5. The van der Waals surface area contributed by atoms with Gasteiger partial charge < -0.3 is 27.0 Å². The Balaban J connectivity index is -0.00000210. The second kappa shape index (κ2) is 61.3. The van der Waals surface area contributed by atoms with Gasteiger partial charge in [0.1, 0.15) is 0 Å². The monoisotopic (exact) mass is 1130 g/mol. The Morgan fingerprint density at radius 2 is 0.735 bits per heavy atom. The van der Waals surface area contributed by atoms with Gasteiger partial charge in [0.05, 0.1) is 37.4 Å². The van der Waals surface area contributed by atoms with Crippen LogP contribution in [0.2, 0.25) is 0 Å². The molecule has 0 rings (SSSR count). The van der Waals surface area contributed by atoms with E-state index in [-0.39, 0.29) is 51.7 Å². The molecule has 0 spiro atoms. The molecule has 0 aliphatic carbocycles. The summed E-state index contributed by atoms with van der Waals surface area (Å²) >= 11 is 0. The maximum Gasteiger partial charge on any atom is 0.308 e. The molecule has 0 amide bonds. The number of rotatable bonds is 54. The fraction of sp³-hybridized carbons (Fsp3) is 0.967. The Bertz CT molecular complexity index is 925. The summed E-state index contributed by atoms with van der Waals surface area (Å²) in [7, 11) is 0. The summed E-state index contributed by atoms with van der Waals surface area (Å²) < 4.78 is 5.83. The summed E-state index contributed by atoms with van der Waals surface area (Å²) in [6.45, 7) is 17.6. The van der Waals surface area contributed by atoms with E-state index in [0.717, 1.165) is 116 Å². The van der Waals surface area contributed by atoms with Crippen molar-refractivity contribution in [2.24, 2.45) is 5.92 Å². The van der Waals surface area contributed by atoms with Crippen LogP contribution < -0.4 is 0 Å². The van der Waals surface area contributed by atoms with Crippen LogP contribution in [-0.2, 0) is 30.6 Å². The molecule has 0 radical (unpaired) electrons. The summed E-state index contributed by atoms with van der Waals surface area (Å²) in [5, 5.41) is 31.3. The number of carbonyl (C=O) groups excluding carboxylic acids is 1. The van der Waals surface area contributed by atoms with E-state index in [1.54, 1.807) is 0 Å². The van der Waals surface area contributed by atoms with Gasteiger partial charge in [-0.2, -0.15) is 6.42 Å². The van der Waals surface area contributed by atoms with Gasteiger partial charge in [0.15, 0.2) is 0 Å². The van der Waals surface area contributed by atoms with Crippen molar-refractivity contribution < 1.29 is 45.9 Å². The predicted molar refractivity (Wildman–Crippen MR) is 295 cm³/mol. The molecule has 0 aliphatic rings. The molecule has 7 heteroatoms. The zero-order valence-corrected chi connectivity index (χ0v) is 49.8. The molecule has 4 unspecified atom stereocenters. The minimum Gasteiger partial charge on any atom is -0.465 e. The predicted octanol–water partition coefficient (Wildman–Crippen LogP) is 18.4. The van der Waals surface area contributed by atoms with Gasteiger partial charge in [0.25, 0.3) is 0 Å². The fourth-order valence-electron chi connectivity index (χ4n) is 9.70. The van der Waals surface area contributed by atoms with E-state index in [0.29, 0.717) is 6.61 Å². The van der Waals surface area contributed by atoms with E-state index in [1.807, 2.05) is 0 Å². The van der Waals surface area contributed by atoms with Crippen molar-refractivity contribution in [1.29, 1.82) is 0 Å². The molecule has 0 bridgehead atoms. The van der Waals surface area contributed by atoms with Crippen LogP contribution in [0.15, 0.2) is 0 Å². The number of nitrogens with zero attached hydrogens (tertiary/aromatic N) is 1. The van der Waals surface area contributed by atoms with Crippen LogP contribution in [0.4, 0.5) is 0 Å². The van der Waals surface area contributed by atoms with Crippen molar-refractivity contribution in [2.45, 2.75) is 348 Å². The van der Waals surface area contributed by atoms with Crippen LogP contribution in [-0.4, -0.2) is 70.7 Å². The third-order valence-corrected chi connectivity index (χ3v) is 14.4. The van der Waals surface area contributed by atoms with Crippen LogP contribution >= 0.6 is 0 Å². The molecule has 0 aliphatic heterocycles. The maximum absolute atomic E-state index is 13.0. The molecule has 0 heterocycles. The summed E-state index contributed by atoms with van der Waals surface area (Å²) in [6, 6.07) is -0.177. The summed E-state index contributed by atoms with van der Waals surface area (Å²) in [5.41, 5.74) is 0. The molecule has 0 aromatic rings. The van der Waals surface area contributed by atoms with Crippen LogP contribution in [0.5, 0.6) is 0 Å². The number of carbonyl (C=O) groups is 1.